The van der Waals surface area contributed by atoms with Gasteiger partial charge in [-0.05, 0) is 44.0 Å². The first-order valence-electron chi connectivity index (χ1n) is 9.55. The highest BCUT2D eigenvalue weighted by Crippen LogP contribution is 2.23. The molecule has 1 N–H and O–H groups in total. The number of benzene rings is 1. The van der Waals surface area contributed by atoms with Crippen LogP contribution in [0, 0.1) is 13.8 Å². The van der Waals surface area contributed by atoms with E-state index >= 15 is 0 Å². The van der Waals surface area contributed by atoms with Crippen LogP contribution >= 0.6 is 22.9 Å². The standard InChI is InChI=1S/C19H24ClN3O5S2/c1-13-12-15(5-6-16(13)20)28-11-3-4-17(24)22-7-9-23(10-8-22)30(26,27)18-14(2)21-19(25)29-18/h5-6,12H,3-4,7-11H2,1-2H3,(H,21,25). The topological polar surface area (TPSA) is 99.8 Å². The first kappa shape index (κ1) is 22.8. The van der Waals surface area contributed by atoms with Gasteiger partial charge in [-0.25, -0.2) is 8.42 Å². The fraction of sp³-hybridized carbons (Fsp3) is 0.474. The second-order valence-corrected chi connectivity index (χ2v) is 10.6. The van der Waals surface area contributed by atoms with Crippen molar-refractivity contribution in [3.05, 3.63) is 44.1 Å². The first-order chi connectivity index (χ1) is 14.2. The summed E-state index contributed by atoms with van der Waals surface area (Å²) in [5, 5.41) is 0.680. The Kier molecular flexibility index (Phi) is 7.22. The molecule has 0 bridgehead atoms. The Bertz CT molecular complexity index is 1070. The van der Waals surface area contributed by atoms with Gasteiger partial charge in [-0.2, -0.15) is 4.31 Å². The summed E-state index contributed by atoms with van der Waals surface area (Å²) in [6.07, 6.45) is 0.896. The summed E-state index contributed by atoms with van der Waals surface area (Å²) in [6, 6.07) is 5.42. The number of aryl methyl sites for hydroxylation is 2. The maximum atomic E-state index is 12.7. The van der Waals surface area contributed by atoms with Gasteiger partial charge in [0.05, 0.1) is 6.61 Å². The van der Waals surface area contributed by atoms with E-state index < -0.39 is 14.9 Å². The van der Waals surface area contributed by atoms with E-state index in [2.05, 4.69) is 4.98 Å². The van der Waals surface area contributed by atoms with Crippen LogP contribution in [-0.4, -0.2) is 61.3 Å². The van der Waals surface area contributed by atoms with Gasteiger partial charge >= 0.3 is 4.87 Å². The molecule has 30 heavy (non-hydrogen) atoms. The van der Waals surface area contributed by atoms with Crippen molar-refractivity contribution in [1.82, 2.24) is 14.2 Å². The van der Waals surface area contributed by atoms with Crippen LogP contribution in [0.25, 0.3) is 0 Å². The molecule has 1 aromatic carbocycles. The molecule has 1 saturated heterocycles. The molecule has 1 amide bonds. The minimum absolute atomic E-state index is 0.0228. The largest absolute Gasteiger partial charge is 0.494 e. The molecule has 8 nitrogen and oxygen atoms in total. The van der Waals surface area contributed by atoms with E-state index in [0.29, 0.717) is 60.3 Å². The Morgan fingerprint density at radius 1 is 1.23 bits per heavy atom. The number of hydrogen-bond donors (Lipinski definition) is 1. The number of halogens is 1. The second-order valence-electron chi connectivity index (χ2n) is 7.07. The Hall–Kier alpha value is -1.88. The number of thiazole rings is 1. The molecular weight excluding hydrogens is 450 g/mol. The van der Waals surface area contributed by atoms with Crippen LogP contribution in [-0.2, 0) is 14.8 Å². The minimum atomic E-state index is -3.73. The molecule has 0 spiro atoms. The van der Waals surface area contributed by atoms with E-state index in [0.717, 1.165) is 5.56 Å². The van der Waals surface area contributed by atoms with E-state index in [9.17, 15) is 18.0 Å². The molecule has 0 unspecified atom stereocenters. The number of amides is 1. The molecule has 0 atom stereocenters. The third-order valence-electron chi connectivity index (χ3n) is 4.88. The predicted octanol–water partition coefficient (Wildman–Crippen LogP) is 2.40. The lowest BCUT2D eigenvalue weighted by molar-refractivity contribution is -0.132. The van der Waals surface area contributed by atoms with Crippen molar-refractivity contribution in [1.29, 1.82) is 0 Å². The van der Waals surface area contributed by atoms with Gasteiger partial charge < -0.3 is 14.6 Å². The van der Waals surface area contributed by atoms with E-state index in [4.69, 9.17) is 16.3 Å². The monoisotopic (exact) mass is 473 g/mol. The van der Waals surface area contributed by atoms with Crippen LogP contribution in [0.5, 0.6) is 5.75 Å². The normalized spacial score (nSPS) is 15.4. The van der Waals surface area contributed by atoms with Crippen molar-refractivity contribution < 1.29 is 17.9 Å². The average molecular weight is 474 g/mol. The summed E-state index contributed by atoms with van der Waals surface area (Å²) in [7, 11) is -3.73. The smallest absolute Gasteiger partial charge is 0.305 e. The van der Waals surface area contributed by atoms with Crippen molar-refractivity contribution >= 4 is 38.9 Å². The molecule has 1 fully saturated rings. The molecule has 1 aliphatic heterocycles. The van der Waals surface area contributed by atoms with Crippen LogP contribution in [0.3, 0.4) is 0 Å². The van der Waals surface area contributed by atoms with Gasteiger partial charge in [-0.3, -0.25) is 9.59 Å². The average Bonchev–Trinajstić information content (AvgIpc) is 3.06. The molecule has 0 aliphatic carbocycles. The maximum absolute atomic E-state index is 12.7. The Morgan fingerprint density at radius 2 is 1.93 bits per heavy atom. The fourth-order valence-corrected chi connectivity index (χ4v) is 6.19. The van der Waals surface area contributed by atoms with E-state index in [-0.39, 0.29) is 23.2 Å². The summed E-state index contributed by atoms with van der Waals surface area (Å²) in [6.45, 7) is 4.95. The quantitative estimate of drug-likeness (QED) is 0.622. The predicted molar refractivity (Wildman–Crippen MR) is 116 cm³/mol. The number of aromatic amines is 1. The summed E-state index contributed by atoms with van der Waals surface area (Å²) < 4.78 is 32.5. The zero-order valence-corrected chi connectivity index (χ0v) is 19.2. The number of nitrogens with one attached hydrogen (secondary N) is 1. The number of nitrogens with zero attached hydrogens (tertiary/aromatic N) is 2. The van der Waals surface area contributed by atoms with Crippen molar-refractivity contribution in [2.45, 2.75) is 30.9 Å². The van der Waals surface area contributed by atoms with E-state index in [1.54, 1.807) is 24.0 Å². The highest BCUT2D eigenvalue weighted by molar-refractivity contribution is 7.91. The van der Waals surface area contributed by atoms with Gasteiger partial charge in [0.25, 0.3) is 10.0 Å². The van der Waals surface area contributed by atoms with Gasteiger partial charge in [-0.15, -0.1) is 0 Å². The summed E-state index contributed by atoms with van der Waals surface area (Å²) in [4.78, 5) is 27.7. The maximum Gasteiger partial charge on any atom is 0.305 e. The molecule has 2 heterocycles. The molecule has 164 valence electrons. The lowest BCUT2D eigenvalue weighted by atomic mass is 10.2. The number of hydrogen-bond acceptors (Lipinski definition) is 6. The second kappa shape index (κ2) is 9.51. The summed E-state index contributed by atoms with van der Waals surface area (Å²) >= 11 is 6.68. The zero-order valence-electron chi connectivity index (χ0n) is 16.8. The molecule has 0 radical (unpaired) electrons. The molecule has 0 saturated carbocycles. The highest BCUT2D eigenvalue weighted by atomic mass is 35.5. The Morgan fingerprint density at radius 3 is 2.53 bits per heavy atom. The van der Waals surface area contributed by atoms with Gasteiger partial charge in [0.1, 0.15) is 5.75 Å². The van der Waals surface area contributed by atoms with Crippen LogP contribution in [0.15, 0.2) is 27.2 Å². The van der Waals surface area contributed by atoms with Gasteiger partial charge in [0, 0.05) is 43.3 Å². The highest BCUT2D eigenvalue weighted by Gasteiger charge is 2.32. The van der Waals surface area contributed by atoms with E-state index in [1.807, 2.05) is 13.0 Å². The van der Waals surface area contributed by atoms with Crippen LogP contribution in [0.2, 0.25) is 5.02 Å². The molecular formula is C19H24ClN3O5S2. The summed E-state index contributed by atoms with van der Waals surface area (Å²) in [5.74, 6) is 0.691. The van der Waals surface area contributed by atoms with Crippen LogP contribution in [0.1, 0.15) is 24.1 Å². The Balaban J connectivity index is 1.45. The van der Waals surface area contributed by atoms with Crippen LogP contribution < -0.4 is 9.61 Å². The number of ether oxygens (including phenoxy) is 1. The van der Waals surface area contributed by atoms with Crippen molar-refractivity contribution in [3.63, 3.8) is 0 Å². The lowest BCUT2D eigenvalue weighted by Crippen LogP contribution is -2.50. The molecule has 11 heteroatoms. The van der Waals surface area contributed by atoms with Gasteiger partial charge in [0.2, 0.25) is 5.91 Å². The third kappa shape index (κ3) is 5.23. The van der Waals surface area contributed by atoms with Gasteiger partial charge in [-0.1, -0.05) is 22.9 Å². The van der Waals surface area contributed by atoms with Crippen molar-refractivity contribution in [2.75, 3.05) is 32.8 Å². The minimum Gasteiger partial charge on any atom is -0.494 e. The number of piperazine rings is 1. The molecule has 1 aliphatic rings. The fourth-order valence-electron chi connectivity index (χ4n) is 3.21. The molecule has 2 aromatic rings. The molecule has 3 rings (SSSR count). The number of carbonyl (C=O) groups excluding carboxylic acids is 1. The number of carbonyl (C=O) groups is 1. The number of H-pyrrole nitrogens is 1. The first-order valence-corrected chi connectivity index (χ1v) is 12.2. The zero-order chi connectivity index (χ0) is 21.9. The number of rotatable bonds is 7. The summed E-state index contributed by atoms with van der Waals surface area (Å²) in [5.41, 5.74) is 1.28. The molecule has 1 aromatic heterocycles. The van der Waals surface area contributed by atoms with Crippen LogP contribution in [0.4, 0.5) is 0 Å². The van der Waals surface area contributed by atoms with Crippen molar-refractivity contribution in [3.8, 4) is 5.75 Å². The Labute approximate surface area is 184 Å². The SMILES string of the molecule is Cc1cc(OCCCC(=O)N2CCN(S(=O)(=O)c3sc(=O)[nH]c3C)CC2)ccc1Cl. The van der Waals surface area contributed by atoms with E-state index in [1.165, 1.54) is 4.31 Å². The van der Waals surface area contributed by atoms with Crippen molar-refractivity contribution in [2.24, 2.45) is 0 Å². The number of sulfonamides is 1. The number of aromatic nitrogens is 1. The third-order valence-corrected chi connectivity index (χ3v) is 8.78. The lowest BCUT2D eigenvalue weighted by Gasteiger charge is -2.33. The van der Waals surface area contributed by atoms with Gasteiger partial charge in [0.15, 0.2) is 4.21 Å².